The van der Waals surface area contributed by atoms with Crippen LogP contribution < -0.4 is 0 Å². The van der Waals surface area contributed by atoms with E-state index in [1.165, 1.54) is 36.5 Å². The van der Waals surface area contributed by atoms with Gasteiger partial charge in [0.2, 0.25) is 0 Å². The van der Waals surface area contributed by atoms with Crippen LogP contribution in [-0.2, 0) is 14.5 Å². The van der Waals surface area contributed by atoms with Crippen molar-refractivity contribution >= 4 is 46.4 Å². The zero-order chi connectivity index (χ0) is 25.4. The maximum atomic E-state index is 11.9. The second-order valence-electron chi connectivity index (χ2n) is 7.84. The first-order chi connectivity index (χ1) is 16.5. The van der Waals surface area contributed by atoms with Crippen molar-refractivity contribution in [1.82, 2.24) is 0 Å². The van der Waals surface area contributed by atoms with Gasteiger partial charge in [0.05, 0.1) is 9.85 Å². The van der Waals surface area contributed by atoms with E-state index in [2.05, 4.69) is 0 Å². The zero-order valence-corrected chi connectivity index (χ0v) is 20.7. The van der Waals surface area contributed by atoms with Crippen molar-refractivity contribution < 1.29 is 14.6 Å². The molecule has 4 unspecified atom stereocenters. The monoisotopic (exact) mass is 552 g/mol. The van der Waals surface area contributed by atoms with Gasteiger partial charge in [-0.05, 0) is 35.4 Å². The molecular formula is C24H16Cl4N2O5. The van der Waals surface area contributed by atoms with E-state index < -0.39 is 31.8 Å². The van der Waals surface area contributed by atoms with Crippen molar-refractivity contribution in [3.63, 3.8) is 0 Å². The zero-order valence-electron chi connectivity index (χ0n) is 17.7. The molecule has 4 atom stereocenters. The lowest BCUT2D eigenvalue weighted by atomic mass is 9.90. The summed E-state index contributed by atoms with van der Waals surface area (Å²) in [5, 5.41) is 24.4. The van der Waals surface area contributed by atoms with Gasteiger partial charge in [-0.15, -0.1) is 23.2 Å². The Morgan fingerprint density at radius 2 is 1.09 bits per heavy atom. The van der Waals surface area contributed by atoms with Crippen LogP contribution in [0.4, 0.5) is 0 Å². The van der Waals surface area contributed by atoms with Crippen molar-refractivity contribution in [2.45, 2.75) is 22.0 Å². The van der Waals surface area contributed by atoms with Crippen LogP contribution in [0, 0.1) is 20.2 Å². The molecule has 35 heavy (non-hydrogen) atoms. The summed E-state index contributed by atoms with van der Waals surface area (Å²) in [7, 11) is 0. The number of ether oxygens (including phenoxy) is 1. The lowest BCUT2D eigenvalue weighted by Gasteiger charge is -2.29. The summed E-state index contributed by atoms with van der Waals surface area (Å²) in [5.41, 5.74) is 0.139. The molecule has 2 aromatic rings. The molecule has 2 aliphatic carbocycles. The number of nitrogens with zero attached hydrogens (tertiary/aromatic N) is 2. The van der Waals surface area contributed by atoms with Crippen molar-refractivity contribution in [3.05, 3.63) is 138 Å². The van der Waals surface area contributed by atoms with Gasteiger partial charge < -0.3 is 4.74 Å². The number of hydrogen-bond donors (Lipinski definition) is 0. The molecule has 0 aromatic heterocycles. The summed E-state index contributed by atoms with van der Waals surface area (Å²) in [5.74, 6) is 0. The van der Waals surface area contributed by atoms with Crippen LogP contribution in [0.1, 0.15) is 11.1 Å². The fourth-order valence-corrected chi connectivity index (χ4v) is 5.30. The molecule has 0 fully saturated rings. The predicted octanol–water partition coefficient (Wildman–Crippen LogP) is 6.78. The van der Waals surface area contributed by atoms with Crippen LogP contribution in [0.3, 0.4) is 0 Å². The molecule has 2 aromatic carbocycles. The molecule has 4 rings (SSSR count). The first kappa shape index (κ1) is 25.4. The van der Waals surface area contributed by atoms with E-state index in [0.717, 1.165) is 0 Å². The Morgan fingerprint density at radius 1 is 0.714 bits per heavy atom. The summed E-state index contributed by atoms with van der Waals surface area (Å²) < 4.78 is 5.82. The smallest absolute Gasteiger partial charge is 0.277 e. The van der Waals surface area contributed by atoms with E-state index in [1.807, 2.05) is 0 Å². The SMILES string of the molecule is O=[N+]([O-])C1=CC(Cl)(c2ccccc2Cl)C=CC1OC1C=CC(Cl)(c2ccccc2Cl)C=C1[N+](=O)[O-]. The van der Waals surface area contributed by atoms with Crippen molar-refractivity contribution in [2.24, 2.45) is 0 Å². The summed E-state index contributed by atoms with van der Waals surface area (Å²) >= 11 is 25.9. The van der Waals surface area contributed by atoms with Gasteiger partial charge in [0.15, 0.2) is 12.2 Å². The van der Waals surface area contributed by atoms with Gasteiger partial charge in [-0.2, -0.15) is 0 Å². The third-order valence-electron chi connectivity index (χ3n) is 5.61. The first-order valence-corrected chi connectivity index (χ1v) is 11.7. The van der Waals surface area contributed by atoms with Crippen LogP contribution in [0.2, 0.25) is 10.0 Å². The third-order valence-corrected chi connectivity index (χ3v) is 7.15. The highest BCUT2D eigenvalue weighted by Gasteiger charge is 2.42. The van der Waals surface area contributed by atoms with E-state index in [1.54, 1.807) is 48.5 Å². The molecule has 0 radical (unpaired) electrons. The van der Waals surface area contributed by atoms with Crippen molar-refractivity contribution in [1.29, 1.82) is 0 Å². The molecule has 11 heteroatoms. The van der Waals surface area contributed by atoms with Crippen LogP contribution in [0.25, 0.3) is 0 Å². The third kappa shape index (κ3) is 5.01. The van der Waals surface area contributed by atoms with Gasteiger partial charge in [-0.25, -0.2) is 0 Å². The fourth-order valence-electron chi connectivity index (χ4n) is 3.92. The second kappa shape index (κ2) is 9.76. The van der Waals surface area contributed by atoms with Gasteiger partial charge >= 0.3 is 0 Å². The Hall–Kier alpha value is -2.68. The Kier molecular flexibility index (Phi) is 7.09. The summed E-state index contributed by atoms with van der Waals surface area (Å²) in [6.45, 7) is 0. The molecule has 0 bridgehead atoms. The molecule has 2 aliphatic rings. The second-order valence-corrected chi connectivity index (χ2v) is 9.91. The number of hydrogen-bond acceptors (Lipinski definition) is 5. The Balaban J connectivity index is 1.66. The predicted molar refractivity (Wildman–Crippen MR) is 135 cm³/mol. The molecule has 7 nitrogen and oxygen atoms in total. The number of halogens is 4. The van der Waals surface area contributed by atoms with E-state index in [-0.39, 0.29) is 11.4 Å². The van der Waals surface area contributed by atoms with Crippen molar-refractivity contribution in [2.75, 3.05) is 0 Å². The molecule has 0 N–H and O–H groups in total. The number of alkyl halides is 2. The van der Waals surface area contributed by atoms with Gasteiger partial charge in [-0.1, -0.05) is 71.8 Å². The molecule has 0 amide bonds. The lowest BCUT2D eigenvalue weighted by molar-refractivity contribution is -0.446. The van der Waals surface area contributed by atoms with Gasteiger partial charge in [-0.3, -0.25) is 20.2 Å². The minimum atomic E-state index is -1.39. The summed E-state index contributed by atoms with van der Waals surface area (Å²) in [6.07, 6.45) is 5.78. The average Bonchev–Trinajstić information content (AvgIpc) is 2.81. The largest absolute Gasteiger partial charge is 0.344 e. The number of benzene rings is 2. The van der Waals surface area contributed by atoms with Gasteiger partial charge in [0.1, 0.15) is 9.75 Å². The molecule has 0 spiro atoms. The van der Waals surface area contributed by atoms with Crippen molar-refractivity contribution in [3.8, 4) is 0 Å². The average molecular weight is 554 g/mol. The minimum absolute atomic E-state index is 0.331. The molecule has 0 saturated heterocycles. The summed E-state index contributed by atoms with van der Waals surface area (Å²) in [6, 6.07) is 13.4. The Bertz CT molecular complexity index is 1220. The standard InChI is InChI=1S/C24H16Cl4N2O5/c25-17-7-3-1-5-15(17)23(27)11-9-21(19(13-23)29(31)32)35-22-10-12-24(28,14-20(22)30(33)34)16-6-2-4-8-18(16)26/h1-14,21-22H. The topological polar surface area (TPSA) is 95.5 Å². The lowest BCUT2D eigenvalue weighted by Crippen LogP contribution is -2.34. The molecule has 0 aliphatic heterocycles. The van der Waals surface area contributed by atoms with Gasteiger partial charge in [0, 0.05) is 22.2 Å². The van der Waals surface area contributed by atoms with E-state index in [4.69, 9.17) is 51.1 Å². The quantitative estimate of drug-likeness (QED) is 0.170. The molecule has 180 valence electrons. The number of nitro groups is 2. The van der Waals surface area contributed by atoms with Crippen LogP contribution in [0.15, 0.2) is 96.4 Å². The molecule has 0 heterocycles. The number of allylic oxidation sites excluding steroid dienone is 4. The Labute approximate surface area is 220 Å². The minimum Gasteiger partial charge on any atom is -0.344 e. The highest BCUT2D eigenvalue weighted by Crippen LogP contribution is 2.43. The van der Waals surface area contributed by atoms with E-state index in [0.29, 0.717) is 21.2 Å². The van der Waals surface area contributed by atoms with Crippen LogP contribution in [0.5, 0.6) is 0 Å². The van der Waals surface area contributed by atoms with E-state index >= 15 is 0 Å². The molecule has 0 saturated carbocycles. The maximum absolute atomic E-state index is 11.9. The summed E-state index contributed by atoms with van der Waals surface area (Å²) in [4.78, 5) is 19.7. The first-order valence-electron chi connectivity index (χ1n) is 10.2. The Morgan fingerprint density at radius 3 is 1.43 bits per heavy atom. The van der Waals surface area contributed by atoms with Crippen LogP contribution in [-0.4, -0.2) is 22.1 Å². The maximum Gasteiger partial charge on any atom is 0.277 e. The molecular weight excluding hydrogens is 538 g/mol. The highest BCUT2D eigenvalue weighted by molar-refractivity contribution is 6.35. The van der Waals surface area contributed by atoms with Crippen LogP contribution >= 0.6 is 46.4 Å². The number of rotatable bonds is 6. The highest BCUT2D eigenvalue weighted by atomic mass is 35.5. The normalized spacial score (nSPS) is 27.8. The fraction of sp³-hybridized carbons (Fsp3) is 0.167. The van der Waals surface area contributed by atoms with E-state index in [9.17, 15) is 20.2 Å². The van der Waals surface area contributed by atoms with Gasteiger partial charge in [0.25, 0.3) is 11.4 Å².